The highest BCUT2D eigenvalue weighted by atomic mass is 19.4. The summed E-state index contributed by atoms with van der Waals surface area (Å²) in [5.74, 6) is -3.99. The first kappa shape index (κ1) is 28.9. The van der Waals surface area contributed by atoms with Crippen molar-refractivity contribution in [1.82, 2.24) is 35.5 Å². The topological polar surface area (TPSA) is 127 Å². The van der Waals surface area contributed by atoms with Gasteiger partial charge in [-0.2, -0.15) is 18.3 Å². The van der Waals surface area contributed by atoms with Gasteiger partial charge in [0.2, 0.25) is 11.8 Å². The zero-order valence-electron chi connectivity index (χ0n) is 22.3. The summed E-state index contributed by atoms with van der Waals surface area (Å²) in [5, 5.41) is 17.4. The van der Waals surface area contributed by atoms with Crippen LogP contribution in [0.15, 0.2) is 23.1 Å². The predicted octanol–water partition coefficient (Wildman–Crippen LogP) is 5.02. The monoisotopic (exact) mass is 583 g/mol. The van der Waals surface area contributed by atoms with Crippen LogP contribution in [0, 0.1) is 18.8 Å². The molecule has 41 heavy (non-hydrogen) atoms. The Kier molecular flexibility index (Phi) is 7.97. The Morgan fingerprint density at radius 3 is 2.44 bits per heavy atom. The van der Waals surface area contributed by atoms with Crippen LogP contribution in [0.3, 0.4) is 0 Å². The van der Waals surface area contributed by atoms with Crippen molar-refractivity contribution in [2.24, 2.45) is 11.8 Å². The van der Waals surface area contributed by atoms with Crippen molar-refractivity contribution in [1.29, 1.82) is 0 Å². The fourth-order valence-corrected chi connectivity index (χ4v) is 5.30. The molecular formula is C26H30F5N7O3. The number of alkyl halides is 5. The van der Waals surface area contributed by atoms with Crippen molar-refractivity contribution < 1.29 is 36.2 Å². The van der Waals surface area contributed by atoms with Gasteiger partial charge < -0.3 is 10.6 Å². The molecule has 3 aromatic rings. The van der Waals surface area contributed by atoms with Gasteiger partial charge in [0.05, 0.1) is 30.2 Å². The number of imidazole rings is 1. The summed E-state index contributed by atoms with van der Waals surface area (Å²) in [4.78, 5) is 30.1. The number of carbonyl (C=O) groups is 2. The minimum Gasteiger partial charge on any atom is -0.349 e. The van der Waals surface area contributed by atoms with Gasteiger partial charge >= 0.3 is 6.18 Å². The van der Waals surface area contributed by atoms with Crippen molar-refractivity contribution in [3.05, 3.63) is 41.1 Å². The first-order chi connectivity index (χ1) is 19.4. The van der Waals surface area contributed by atoms with Gasteiger partial charge in [0.25, 0.3) is 5.91 Å². The second-order valence-electron chi connectivity index (χ2n) is 11.0. The van der Waals surface area contributed by atoms with Crippen LogP contribution in [0.25, 0.3) is 5.65 Å². The zero-order chi connectivity index (χ0) is 29.4. The Morgan fingerprint density at radius 1 is 1.10 bits per heavy atom. The van der Waals surface area contributed by atoms with Crippen LogP contribution in [0.1, 0.15) is 97.3 Å². The number of nitrogens with zero attached hydrogens (tertiary/aromatic N) is 5. The second kappa shape index (κ2) is 11.3. The molecular weight excluding hydrogens is 553 g/mol. The predicted molar refractivity (Wildman–Crippen MR) is 133 cm³/mol. The average molecular weight is 584 g/mol. The number of halogens is 5. The lowest BCUT2D eigenvalue weighted by Crippen LogP contribution is -2.37. The zero-order valence-corrected chi connectivity index (χ0v) is 22.3. The molecule has 10 nitrogen and oxygen atoms in total. The van der Waals surface area contributed by atoms with Gasteiger partial charge in [-0.15, -0.1) is 0 Å². The Hall–Kier alpha value is -3.65. The van der Waals surface area contributed by atoms with E-state index in [0.717, 1.165) is 12.8 Å². The lowest BCUT2D eigenvalue weighted by atomic mass is 9.81. The molecule has 2 atom stereocenters. The van der Waals surface area contributed by atoms with Gasteiger partial charge in [0.1, 0.15) is 5.69 Å². The molecule has 1 unspecified atom stereocenters. The minimum absolute atomic E-state index is 0.0152. The van der Waals surface area contributed by atoms with E-state index in [1.807, 2.05) is 0 Å². The Morgan fingerprint density at radius 2 is 1.80 bits per heavy atom. The minimum atomic E-state index is -4.32. The molecule has 5 rings (SSSR count). The Bertz CT molecular complexity index is 1390. The summed E-state index contributed by atoms with van der Waals surface area (Å²) in [6, 6.07) is 0.590. The number of amides is 2. The molecule has 3 heterocycles. The number of hydrogen-bond donors (Lipinski definition) is 2. The number of rotatable bonds is 10. The van der Waals surface area contributed by atoms with E-state index >= 15 is 0 Å². The summed E-state index contributed by atoms with van der Waals surface area (Å²) < 4.78 is 71.4. The van der Waals surface area contributed by atoms with Gasteiger partial charge in [0, 0.05) is 25.7 Å². The highest BCUT2D eigenvalue weighted by molar-refractivity contribution is 5.93. The maximum atomic E-state index is 13.9. The van der Waals surface area contributed by atoms with Gasteiger partial charge in [-0.25, -0.2) is 22.9 Å². The molecule has 222 valence electrons. The number of carbonyl (C=O) groups excluding carboxylic acids is 2. The number of aromatic nitrogens is 5. The molecule has 0 bridgehead atoms. The van der Waals surface area contributed by atoms with Crippen LogP contribution in [0.4, 0.5) is 22.0 Å². The third-order valence-corrected chi connectivity index (χ3v) is 7.70. The molecule has 0 radical (unpaired) electrons. The summed E-state index contributed by atoms with van der Waals surface area (Å²) in [6.07, 6.45) is -1.26. The SMILES string of the molecule is Cc1nonc1C(=O)N[C@H](c1cn2ncc(C(NC(=O)CCCC(F)(F)F)C3CC3)cc2n1)C1CCC(F)(F)CC1. The van der Waals surface area contributed by atoms with Gasteiger partial charge in [0.15, 0.2) is 11.3 Å². The van der Waals surface area contributed by atoms with Crippen molar-refractivity contribution in [2.75, 3.05) is 0 Å². The highest BCUT2D eigenvalue weighted by Gasteiger charge is 2.40. The second-order valence-corrected chi connectivity index (χ2v) is 11.0. The molecule has 2 fully saturated rings. The van der Waals surface area contributed by atoms with Crippen molar-refractivity contribution in [2.45, 2.75) is 88.9 Å². The summed E-state index contributed by atoms with van der Waals surface area (Å²) in [5.41, 5.74) is 1.76. The number of fused-ring (bicyclic) bond motifs is 1. The summed E-state index contributed by atoms with van der Waals surface area (Å²) in [7, 11) is 0. The van der Waals surface area contributed by atoms with Crippen LogP contribution in [0.5, 0.6) is 0 Å². The van der Waals surface area contributed by atoms with Crippen LogP contribution in [-0.2, 0) is 4.79 Å². The van der Waals surface area contributed by atoms with Crippen molar-refractivity contribution in [3.8, 4) is 0 Å². The molecule has 15 heteroatoms. The number of aryl methyl sites for hydroxylation is 1. The van der Waals surface area contributed by atoms with Gasteiger partial charge in [-0.3, -0.25) is 9.59 Å². The number of hydrogen-bond acceptors (Lipinski definition) is 7. The Labute approximate surface area is 231 Å². The molecule has 2 aliphatic carbocycles. The van der Waals surface area contributed by atoms with E-state index in [4.69, 9.17) is 0 Å². The normalized spacial score (nSPS) is 19.2. The van der Waals surface area contributed by atoms with E-state index in [-0.39, 0.29) is 61.7 Å². The average Bonchev–Trinajstić information content (AvgIpc) is 3.50. The molecule has 3 aromatic heterocycles. The standard InChI is InChI=1S/C26H30F5N7O3/c1-14-21(37-41-36-14)24(40)35-23(16-6-9-25(27,28)10-7-16)18-13-38-19(33-18)11-17(12-32-38)22(15-4-5-15)34-20(39)3-2-8-26(29,30)31/h11-13,15-16,22-23H,2-10H2,1H3,(H,34,39)(H,35,40)/t22?,23-/m0/s1. The summed E-state index contributed by atoms with van der Waals surface area (Å²) >= 11 is 0. The van der Waals surface area contributed by atoms with E-state index < -0.39 is 42.4 Å². The molecule has 0 aromatic carbocycles. The van der Waals surface area contributed by atoms with Crippen LogP contribution in [0.2, 0.25) is 0 Å². The maximum absolute atomic E-state index is 13.9. The Balaban J connectivity index is 1.36. The summed E-state index contributed by atoms with van der Waals surface area (Å²) in [6.45, 7) is 1.56. The van der Waals surface area contributed by atoms with Crippen molar-refractivity contribution >= 4 is 17.5 Å². The fourth-order valence-electron chi connectivity index (χ4n) is 5.30. The molecule has 2 N–H and O–H groups in total. The molecule has 2 aliphatic rings. The lowest BCUT2D eigenvalue weighted by Gasteiger charge is -2.33. The first-order valence-corrected chi connectivity index (χ1v) is 13.6. The van der Waals surface area contributed by atoms with Gasteiger partial charge in [-0.05, 0) is 67.7 Å². The van der Waals surface area contributed by atoms with E-state index in [0.29, 0.717) is 16.9 Å². The smallest absolute Gasteiger partial charge is 0.349 e. The van der Waals surface area contributed by atoms with Crippen LogP contribution in [-0.4, -0.2) is 48.8 Å². The van der Waals surface area contributed by atoms with E-state index in [9.17, 15) is 31.5 Å². The largest absolute Gasteiger partial charge is 0.389 e. The first-order valence-electron chi connectivity index (χ1n) is 13.6. The third-order valence-electron chi connectivity index (χ3n) is 7.70. The lowest BCUT2D eigenvalue weighted by molar-refractivity contribution is -0.137. The molecule has 0 spiro atoms. The van der Waals surface area contributed by atoms with Gasteiger partial charge in [-0.1, -0.05) is 5.16 Å². The van der Waals surface area contributed by atoms with Crippen molar-refractivity contribution in [3.63, 3.8) is 0 Å². The fraction of sp³-hybridized carbons (Fsp3) is 0.615. The van der Waals surface area contributed by atoms with E-state index in [1.165, 1.54) is 4.52 Å². The van der Waals surface area contributed by atoms with E-state index in [2.05, 4.69) is 35.7 Å². The third kappa shape index (κ3) is 7.17. The number of nitrogens with one attached hydrogen (secondary N) is 2. The molecule has 2 amide bonds. The van der Waals surface area contributed by atoms with Crippen LogP contribution >= 0.6 is 0 Å². The molecule has 0 saturated heterocycles. The quantitative estimate of drug-likeness (QED) is 0.321. The van der Waals surface area contributed by atoms with Crippen LogP contribution < -0.4 is 10.6 Å². The maximum Gasteiger partial charge on any atom is 0.389 e. The van der Waals surface area contributed by atoms with E-state index in [1.54, 1.807) is 25.4 Å². The highest BCUT2D eigenvalue weighted by Crippen LogP contribution is 2.43. The molecule has 2 saturated carbocycles. The molecule has 0 aliphatic heterocycles.